The van der Waals surface area contributed by atoms with Crippen LogP contribution in [0.15, 0.2) is 30.7 Å². The molecule has 2 rings (SSSR count). The van der Waals surface area contributed by atoms with E-state index in [2.05, 4.69) is 20.4 Å². The molecular formula is C11H14N6O. The molecule has 2 aromatic rings. The van der Waals surface area contributed by atoms with Crippen LogP contribution in [0.4, 0.5) is 5.69 Å². The number of carbonyl (C=O) groups is 1. The number of nitrogens with zero attached hydrogens (tertiary/aromatic N) is 3. The lowest BCUT2D eigenvalue weighted by atomic mass is 10.3. The quantitative estimate of drug-likeness (QED) is 0.534. The maximum atomic E-state index is 12.1. The number of hydrazine groups is 1. The summed E-state index contributed by atoms with van der Waals surface area (Å²) in [6.45, 7) is 0.397. The Bertz CT molecular complexity index is 524. The van der Waals surface area contributed by atoms with Crippen molar-refractivity contribution >= 4 is 11.6 Å². The smallest absolute Gasteiger partial charge is 0.272 e. The van der Waals surface area contributed by atoms with Gasteiger partial charge in [-0.2, -0.15) is 0 Å². The lowest BCUT2D eigenvalue weighted by molar-refractivity contribution is 0.0776. The number of rotatable bonds is 4. The average Bonchev–Trinajstić information content (AvgIpc) is 2.90. The summed E-state index contributed by atoms with van der Waals surface area (Å²) in [4.78, 5) is 24.6. The van der Waals surface area contributed by atoms with Crippen LogP contribution in [0.5, 0.6) is 0 Å². The molecule has 0 aromatic carbocycles. The number of hydrogen-bond acceptors (Lipinski definition) is 5. The van der Waals surface area contributed by atoms with Crippen molar-refractivity contribution in [2.24, 2.45) is 5.84 Å². The Kier molecular flexibility index (Phi) is 3.54. The van der Waals surface area contributed by atoms with E-state index in [1.165, 1.54) is 11.1 Å². The fourth-order valence-corrected chi connectivity index (χ4v) is 1.51. The molecule has 2 aromatic heterocycles. The second-order valence-electron chi connectivity index (χ2n) is 3.77. The van der Waals surface area contributed by atoms with Crippen LogP contribution in [-0.4, -0.2) is 32.8 Å². The highest BCUT2D eigenvalue weighted by atomic mass is 16.2. The molecule has 4 N–H and O–H groups in total. The van der Waals surface area contributed by atoms with Gasteiger partial charge in [0.2, 0.25) is 0 Å². The maximum Gasteiger partial charge on any atom is 0.272 e. The minimum absolute atomic E-state index is 0.191. The van der Waals surface area contributed by atoms with E-state index in [0.717, 1.165) is 5.82 Å². The molecule has 0 saturated carbocycles. The predicted octanol–water partition coefficient (Wildman–Crippen LogP) is 0.362. The largest absolute Gasteiger partial charge is 0.347 e. The minimum atomic E-state index is -0.191. The van der Waals surface area contributed by atoms with Crippen molar-refractivity contribution in [2.45, 2.75) is 6.54 Å². The highest BCUT2D eigenvalue weighted by molar-refractivity contribution is 5.92. The van der Waals surface area contributed by atoms with Crippen molar-refractivity contribution < 1.29 is 4.79 Å². The first-order valence-electron chi connectivity index (χ1n) is 5.37. The Morgan fingerprint density at radius 1 is 1.50 bits per heavy atom. The summed E-state index contributed by atoms with van der Waals surface area (Å²) >= 11 is 0. The molecule has 0 aliphatic rings. The SMILES string of the molecule is CN(Cc1ncc[nH]1)C(=O)c1cc(NN)ccn1. The Morgan fingerprint density at radius 2 is 2.33 bits per heavy atom. The van der Waals surface area contributed by atoms with Crippen molar-refractivity contribution in [1.29, 1.82) is 0 Å². The third kappa shape index (κ3) is 2.64. The molecule has 0 atom stereocenters. The van der Waals surface area contributed by atoms with Gasteiger partial charge in [0.1, 0.15) is 11.5 Å². The van der Waals surface area contributed by atoms with Crippen LogP contribution in [0.1, 0.15) is 16.3 Å². The fraction of sp³-hybridized carbons (Fsp3) is 0.182. The number of H-pyrrole nitrogens is 1. The van der Waals surface area contributed by atoms with Crippen molar-refractivity contribution in [3.63, 3.8) is 0 Å². The fourth-order valence-electron chi connectivity index (χ4n) is 1.51. The molecule has 0 saturated heterocycles. The summed E-state index contributed by atoms with van der Waals surface area (Å²) < 4.78 is 0. The summed E-state index contributed by atoms with van der Waals surface area (Å²) in [5.41, 5.74) is 3.45. The van der Waals surface area contributed by atoms with Gasteiger partial charge in [-0.15, -0.1) is 0 Å². The average molecular weight is 246 g/mol. The van der Waals surface area contributed by atoms with Crippen molar-refractivity contribution in [3.8, 4) is 0 Å². The van der Waals surface area contributed by atoms with Gasteiger partial charge < -0.3 is 15.3 Å². The van der Waals surface area contributed by atoms with E-state index in [-0.39, 0.29) is 5.91 Å². The molecule has 0 radical (unpaired) electrons. The van der Waals surface area contributed by atoms with Gasteiger partial charge >= 0.3 is 0 Å². The van der Waals surface area contributed by atoms with Gasteiger partial charge in [0.15, 0.2) is 0 Å². The number of amides is 1. The number of aromatic amines is 1. The lowest BCUT2D eigenvalue weighted by Crippen LogP contribution is -2.27. The summed E-state index contributed by atoms with van der Waals surface area (Å²) in [6, 6.07) is 3.28. The zero-order chi connectivity index (χ0) is 13.0. The van der Waals surface area contributed by atoms with Crippen LogP contribution < -0.4 is 11.3 Å². The van der Waals surface area contributed by atoms with Gasteiger partial charge in [-0.25, -0.2) is 4.98 Å². The molecule has 94 valence electrons. The van der Waals surface area contributed by atoms with E-state index in [0.29, 0.717) is 17.9 Å². The van der Waals surface area contributed by atoms with Crippen molar-refractivity contribution in [3.05, 3.63) is 42.2 Å². The standard InChI is InChI=1S/C11H14N6O/c1-17(7-10-14-4-5-15-10)11(18)9-6-8(16-12)2-3-13-9/h2-6H,7,12H2,1H3,(H,13,16)(H,14,15). The highest BCUT2D eigenvalue weighted by Gasteiger charge is 2.14. The van der Waals surface area contributed by atoms with Gasteiger partial charge in [-0.1, -0.05) is 0 Å². The first-order chi connectivity index (χ1) is 8.70. The first kappa shape index (κ1) is 12.1. The molecule has 7 nitrogen and oxygen atoms in total. The van der Waals surface area contributed by atoms with Gasteiger partial charge in [0.25, 0.3) is 5.91 Å². The van der Waals surface area contributed by atoms with E-state index in [9.17, 15) is 4.79 Å². The molecule has 0 aliphatic heterocycles. The van der Waals surface area contributed by atoms with Gasteiger partial charge in [0.05, 0.1) is 12.2 Å². The normalized spacial score (nSPS) is 10.1. The number of nitrogens with one attached hydrogen (secondary N) is 2. The van der Waals surface area contributed by atoms with Crippen LogP contribution in [-0.2, 0) is 6.54 Å². The summed E-state index contributed by atoms with van der Waals surface area (Å²) in [5.74, 6) is 5.82. The van der Waals surface area contributed by atoms with E-state index in [1.54, 1.807) is 31.6 Å². The van der Waals surface area contributed by atoms with Crippen LogP contribution in [0.25, 0.3) is 0 Å². The Labute approximate surface area is 104 Å². The molecule has 0 fully saturated rings. The number of imidazole rings is 1. The summed E-state index contributed by atoms with van der Waals surface area (Å²) in [6.07, 6.45) is 4.89. The van der Waals surface area contributed by atoms with E-state index in [4.69, 9.17) is 5.84 Å². The summed E-state index contributed by atoms with van der Waals surface area (Å²) in [5, 5.41) is 0. The number of nitrogens with two attached hydrogens (primary N) is 1. The molecule has 0 aliphatic carbocycles. The molecular weight excluding hydrogens is 232 g/mol. The number of anilines is 1. The zero-order valence-electron chi connectivity index (χ0n) is 9.92. The van der Waals surface area contributed by atoms with E-state index in [1.807, 2.05) is 0 Å². The number of hydrogen-bond donors (Lipinski definition) is 3. The number of carbonyl (C=O) groups excluding carboxylic acids is 1. The second-order valence-corrected chi connectivity index (χ2v) is 3.77. The number of nitrogen functional groups attached to an aromatic ring is 1. The molecule has 1 amide bonds. The molecule has 0 unspecified atom stereocenters. The Morgan fingerprint density at radius 3 is 3.00 bits per heavy atom. The first-order valence-corrected chi connectivity index (χ1v) is 5.37. The Balaban J connectivity index is 2.10. The topological polar surface area (TPSA) is 99.9 Å². The van der Waals surface area contributed by atoms with E-state index < -0.39 is 0 Å². The van der Waals surface area contributed by atoms with Crippen molar-refractivity contribution in [1.82, 2.24) is 19.9 Å². The monoisotopic (exact) mass is 246 g/mol. The second kappa shape index (κ2) is 5.28. The highest BCUT2D eigenvalue weighted by Crippen LogP contribution is 2.09. The zero-order valence-corrected chi connectivity index (χ0v) is 9.92. The Hall–Kier alpha value is -2.41. The predicted molar refractivity (Wildman–Crippen MR) is 66.4 cm³/mol. The van der Waals surface area contributed by atoms with Gasteiger partial charge in [-0.05, 0) is 12.1 Å². The van der Waals surface area contributed by atoms with E-state index >= 15 is 0 Å². The third-order valence-electron chi connectivity index (χ3n) is 2.43. The van der Waals surface area contributed by atoms with Crippen LogP contribution in [0.2, 0.25) is 0 Å². The number of aromatic nitrogens is 3. The van der Waals surface area contributed by atoms with Gasteiger partial charge in [0, 0.05) is 25.6 Å². The molecule has 7 heteroatoms. The van der Waals surface area contributed by atoms with Gasteiger partial charge in [-0.3, -0.25) is 15.6 Å². The lowest BCUT2D eigenvalue weighted by Gasteiger charge is -2.15. The number of pyridine rings is 1. The van der Waals surface area contributed by atoms with Crippen molar-refractivity contribution in [2.75, 3.05) is 12.5 Å². The van der Waals surface area contributed by atoms with Crippen LogP contribution >= 0.6 is 0 Å². The minimum Gasteiger partial charge on any atom is -0.347 e. The molecule has 18 heavy (non-hydrogen) atoms. The van der Waals surface area contributed by atoms with Crippen LogP contribution in [0.3, 0.4) is 0 Å². The molecule has 0 spiro atoms. The van der Waals surface area contributed by atoms with Crippen LogP contribution in [0, 0.1) is 0 Å². The summed E-state index contributed by atoms with van der Waals surface area (Å²) in [7, 11) is 1.69. The maximum absolute atomic E-state index is 12.1. The third-order valence-corrected chi connectivity index (χ3v) is 2.43. The molecule has 2 heterocycles. The molecule has 0 bridgehead atoms.